The third-order valence-corrected chi connectivity index (χ3v) is 2.52. The maximum Gasteiger partial charge on any atom is 0.118 e. The lowest BCUT2D eigenvalue weighted by atomic mass is 10.2. The van der Waals surface area contributed by atoms with E-state index in [0.717, 1.165) is 49.8 Å². The van der Waals surface area contributed by atoms with E-state index >= 15 is 0 Å². The molecule has 0 aliphatic carbocycles. The first-order valence-corrected chi connectivity index (χ1v) is 6.13. The van der Waals surface area contributed by atoms with Gasteiger partial charge in [0.05, 0.1) is 13.2 Å². The van der Waals surface area contributed by atoms with Gasteiger partial charge in [0.2, 0.25) is 0 Å². The molecule has 0 spiro atoms. The Morgan fingerprint density at radius 3 is 2.88 bits per heavy atom. The Hall–Kier alpha value is -0.840. The van der Waals surface area contributed by atoms with Gasteiger partial charge >= 0.3 is 0 Å². The molecule has 98 valence electrons. The molecule has 1 aromatic rings. The summed E-state index contributed by atoms with van der Waals surface area (Å²) < 4.78 is 16.1. The molecule has 0 radical (unpaired) electrons. The van der Waals surface area contributed by atoms with E-state index in [9.17, 15) is 0 Å². The number of rotatable bonds is 9. The summed E-state index contributed by atoms with van der Waals surface area (Å²) in [6.45, 7) is 7.87. The summed E-state index contributed by atoms with van der Waals surface area (Å²) >= 11 is 0. The van der Waals surface area contributed by atoms with Gasteiger partial charge in [-0.15, -0.1) is 0 Å². The Balaban J connectivity index is 2.29. The summed E-state index contributed by atoms with van der Waals surface area (Å²) in [5, 5.41) is 3.24. The fourth-order valence-corrected chi connectivity index (χ4v) is 1.55. The predicted molar refractivity (Wildman–Crippen MR) is 67.0 cm³/mol. The summed E-state index contributed by atoms with van der Waals surface area (Å²) in [6, 6.07) is 2.06. The number of furan rings is 1. The highest BCUT2D eigenvalue weighted by atomic mass is 16.5. The van der Waals surface area contributed by atoms with Gasteiger partial charge in [-0.2, -0.15) is 0 Å². The van der Waals surface area contributed by atoms with Crippen molar-refractivity contribution in [2.75, 3.05) is 26.9 Å². The van der Waals surface area contributed by atoms with Crippen LogP contribution in [0, 0.1) is 6.92 Å². The van der Waals surface area contributed by atoms with Gasteiger partial charge < -0.3 is 19.2 Å². The molecule has 0 fully saturated rings. The summed E-state index contributed by atoms with van der Waals surface area (Å²) in [6.07, 6.45) is 0.928. The second-order valence-corrected chi connectivity index (χ2v) is 3.97. The molecular weight excluding hydrogens is 218 g/mol. The van der Waals surface area contributed by atoms with Crippen molar-refractivity contribution in [1.82, 2.24) is 5.32 Å². The standard InChI is InChI=1S/C13H23NO3/c1-4-14-9-13-8-12(11(2)17-13)10-16-7-5-6-15-3/h8,14H,4-7,9-10H2,1-3H3. The van der Waals surface area contributed by atoms with Gasteiger partial charge in [-0.05, 0) is 26.0 Å². The van der Waals surface area contributed by atoms with Crippen molar-refractivity contribution in [2.45, 2.75) is 33.4 Å². The highest BCUT2D eigenvalue weighted by Crippen LogP contribution is 2.15. The van der Waals surface area contributed by atoms with E-state index in [1.807, 2.05) is 6.92 Å². The molecule has 1 aromatic heterocycles. The lowest BCUT2D eigenvalue weighted by Crippen LogP contribution is -2.10. The quantitative estimate of drug-likeness (QED) is 0.673. The molecule has 1 N–H and O–H groups in total. The van der Waals surface area contributed by atoms with Gasteiger partial charge in [0.15, 0.2) is 0 Å². The zero-order chi connectivity index (χ0) is 12.5. The smallest absolute Gasteiger partial charge is 0.118 e. The first-order chi connectivity index (χ1) is 8.27. The van der Waals surface area contributed by atoms with Crippen molar-refractivity contribution < 1.29 is 13.9 Å². The van der Waals surface area contributed by atoms with Crippen LogP contribution in [0.3, 0.4) is 0 Å². The molecule has 0 amide bonds. The van der Waals surface area contributed by atoms with Crippen molar-refractivity contribution in [3.63, 3.8) is 0 Å². The van der Waals surface area contributed by atoms with E-state index in [1.54, 1.807) is 7.11 Å². The van der Waals surface area contributed by atoms with Gasteiger partial charge in [-0.3, -0.25) is 0 Å². The Morgan fingerprint density at radius 1 is 1.35 bits per heavy atom. The largest absolute Gasteiger partial charge is 0.465 e. The molecule has 1 rings (SSSR count). The molecule has 0 saturated heterocycles. The molecule has 0 saturated carbocycles. The minimum absolute atomic E-state index is 0.616. The molecule has 0 unspecified atom stereocenters. The van der Waals surface area contributed by atoms with Gasteiger partial charge in [0.25, 0.3) is 0 Å². The molecule has 0 aromatic carbocycles. The van der Waals surface area contributed by atoms with Crippen LogP contribution in [0.2, 0.25) is 0 Å². The summed E-state index contributed by atoms with van der Waals surface area (Å²) in [4.78, 5) is 0. The zero-order valence-corrected chi connectivity index (χ0v) is 11.0. The highest BCUT2D eigenvalue weighted by Gasteiger charge is 2.06. The van der Waals surface area contributed by atoms with Gasteiger partial charge in [0.1, 0.15) is 11.5 Å². The van der Waals surface area contributed by atoms with E-state index in [2.05, 4.69) is 18.3 Å². The summed E-state index contributed by atoms with van der Waals surface area (Å²) in [5.74, 6) is 1.92. The number of hydrogen-bond donors (Lipinski definition) is 1. The maximum absolute atomic E-state index is 5.63. The van der Waals surface area contributed by atoms with Crippen LogP contribution in [-0.4, -0.2) is 26.9 Å². The normalized spacial score (nSPS) is 11.0. The fourth-order valence-electron chi connectivity index (χ4n) is 1.55. The van der Waals surface area contributed by atoms with Crippen LogP contribution < -0.4 is 5.32 Å². The second kappa shape index (κ2) is 8.28. The molecule has 1 heterocycles. The third kappa shape index (κ3) is 5.35. The fraction of sp³-hybridized carbons (Fsp3) is 0.692. The Bertz CT molecular complexity index is 310. The van der Waals surface area contributed by atoms with Gasteiger partial charge in [-0.1, -0.05) is 6.92 Å². The number of ether oxygens (including phenoxy) is 2. The topological polar surface area (TPSA) is 43.6 Å². The molecule has 4 nitrogen and oxygen atoms in total. The number of methoxy groups -OCH3 is 1. The number of nitrogens with one attached hydrogen (secondary N) is 1. The van der Waals surface area contributed by atoms with E-state index in [-0.39, 0.29) is 0 Å². The monoisotopic (exact) mass is 241 g/mol. The van der Waals surface area contributed by atoms with Crippen molar-refractivity contribution in [3.05, 3.63) is 23.2 Å². The highest BCUT2D eigenvalue weighted by molar-refractivity contribution is 5.19. The lowest BCUT2D eigenvalue weighted by Gasteiger charge is -2.02. The average molecular weight is 241 g/mol. The Morgan fingerprint density at radius 2 is 2.18 bits per heavy atom. The van der Waals surface area contributed by atoms with Crippen LogP contribution in [0.5, 0.6) is 0 Å². The lowest BCUT2D eigenvalue weighted by molar-refractivity contribution is 0.0922. The van der Waals surface area contributed by atoms with Crippen LogP contribution in [-0.2, 0) is 22.6 Å². The van der Waals surface area contributed by atoms with Gasteiger partial charge in [-0.25, -0.2) is 0 Å². The third-order valence-electron chi connectivity index (χ3n) is 2.52. The van der Waals surface area contributed by atoms with Crippen LogP contribution in [0.4, 0.5) is 0 Å². The first kappa shape index (κ1) is 14.2. The van der Waals surface area contributed by atoms with Crippen molar-refractivity contribution in [3.8, 4) is 0 Å². The SMILES string of the molecule is CCNCc1cc(COCCCOC)c(C)o1. The second-order valence-electron chi connectivity index (χ2n) is 3.97. The van der Waals surface area contributed by atoms with E-state index in [1.165, 1.54) is 0 Å². The summed E-state index contributed by atoms with van der Waals surface area (Å²) in [7, 11) is 1.70. The predicted octanol–water partition coefficient (Wildman–Crippen LogP) is 2.25. The van der Waals surface area contributed by atoms with E-state index in [0.29, 0.717) is 6.61 Å². The molecule has 0 aliphatic heterocycles. The van der Waals surface area contributed by atoms with Crippen LogP contribution in [0.25, 0.3) is 0 Å². The van der Waals surface area contributed by atoms with Gasteiger partial charge in [0, 0.05) is 25.9 Å². The number of aryl methyl sites for hydroxylation is 1. The summed E-state index contributed by atoms with van der Waals surface area (Å²) in [5.41, 5.74) is 1.13. The van der Waals surface area contributed by atoms with E-state index in [4.69, 9.17) is 13.9 Å². The Kier molecular flexibility index (Phi) is 6.93. The zero-order valence-electron chi connectivity index (χ0n) is 11.0. The van der Waals surface area contributed by atoms with Crippen LogP contribution >= 0.6 is 0 Å². The average Bonchev–Trinajstić information content (AvgIpc) is 2.67. The molecule has 0 atom stereocenters. The molecule has 0 aliphatic rings. The Labute approximate surface area is 103 Å². The number of hydrogen-bond acceptors (Lipinski definition) is 4. The first-order valence-electron chi connectivity index (χ1n) is 6.13. The molecule has 4 heteroatoms. The van der Waals surface area contributed by atoms with Crippen LogP contribution in [0.1, 0.15) is 30.4 Å². The van der Waals surface area contributed by atoms with Crippen molar-refractivity contribution >= 4 is 0 Å². The molecule has 0 bridgehead atoms. The minimum Gasteiger partial charge on any atom is -0.465 e. The van der Waals surface area contributed by atoms with Crippen molar-refractivity contribution in [1.29, 1.82) is 0 Å². The van der Waals surface area contributed by atoms with Crippen LogP contribution in [0.15, 0.2) is 10.5 Å². The molecular formula is C13H23NO3. The minimum atomic E-state index is 0.616. The molecule has 17 heavy (non-hydrogen) atoms. The maximum atomic E-state index is 5.63. The van der Waals surface area contributed by atoms with E-state index < -0.39 is 0 Å². The van der Waals surface area contributed by atoms with Crippen molar-refractivity contribution in [2.24, 2.45) is 0 Å².